The van der Waals surface area contributed by atoms with E-state index in [4.69, 9.17) is 0 Å². The molecule has 1 N–H and O–H groups in total. The Morgan fingerprint density at radius 2 is 1.79 bits per heavy atom. The number of hydrogen-bond acceptors (Lipinski definition) is 3. The van der Waals surface area contributed by atoms with Gasteiger partial charge in [0.25, 0.3) is 5.91 Å². The van der Waals surface area contributed by atoms with E-state index in [2.05, 4.69) is 10.4 Å². The molecule has 0 aliphatic heterocycles. The lowest BCUT2D eigenvalue weighted by molar-refractivity contribution is -0.143. The van der Waals surface area contributed by atoms with E-state index in [9.17, 15) is 18.0 Å². The monoisotopic (exact) mass is 409 g/mol. The molecule has 4 aliphatic carbocycles. The van der Waals surface area contributed by atoms with Gasteiger partial charge in [0.05, 0.1) is 9.75 Å². The average molecular weight is 409 g/mol. The van der Waals surface area contributed by atoms with Gasteiger partial charge in [-0.3, -0.25) is 9.48 Å². The van der Waals surface area contributed by atoms with Crippen molar-refractivity contribution in [1.82, 2.24) is 15.1 Å². The van der Waals surface area contributed by atoms with E-state index in [1.54, 1.807) is 12.1 Å². The number of carbonyl (C=O) groups excluding carboxylic acids is 1. The third kappa shape index (κ3) is 3.06. The fourth-order valence-corrected chi connectivity index (χ4v) is 6.87. The predicted octanol–water partition coefficient (Wildman–Crippen LogP) is 4.87. The summed E-state index contributed by atoms with van der Waals surface area (Å²) in [7, 11) is 1.28. The van der Waals surface area contributed by atoms with Gasteiger partial charge in [-0.2, -0.15) is 18.3 Å². The molecule has 0 unspecified atom stereocenters. The second-order valence-electron chi connectivity index (χ2n) is 8.85. The fraction of sp³-hybridized carbons (Fsp3) is 0.600. The molecule has 0 radical (unpaired) electrons. The summed E-state index contributed by atoms with van der Waals surface area (Å²) in [5, 5.41) is 7.29. The normalized spacial score (nSPS) is 31.4. The summed E-state index contributed by atoms with van der Waals surface area (Å²) in [6, 6.07) is 4.41. The zero-order valence-electron chi connectivity index (χ0n) is 15.6. The van der Waals surface area contributed by atoms with Gasteiger partial charge in [0.2, 0.25) is 0 Å². The van der Waals surface area contributed by atoms with Gasteiger partial charge < -0.3 is 5.32 Å². The van der Waals surface area contributed by atoms with Crippen LogP contribution in [0.4, 0.5) is 13.2 Å². The van der Waals surface area contributed by atoms with Crippen LogP contribution in [0.3, 0.4) is 0 Å². The van der Waals surface area contributed by atoms with Crippen LogP contribution in [0, 0.1) is 17.8 Å². The molecule has 0 aromatic carbocycles. The minimum Gasteiger partial charge on any atom is -0.346 e. The summed E-state index contributed by atoms with van der Waals surface area (Å²) in [4.78, 5) is 14.0. The van der Waals surface area contributed by atoms with Crippen molar-refractivity contribution in [3.05, 3.63) is 28.8 Å². The first-order valence-electron chi connectivity index (χ1n) is 9.75. The van der Waals surface area contributed by atoms with Gasteiger partial charge in [0, 0.05) is 12.6 Å². The molecule has 4 saturated carbocycles. The SMILES string of the molecule is Cn1nc(-c2ccc(C(=O)NC34CC5CC(CC(C5)C3)C4)s2)cc1C(F)(F)F. The minimum absolute atomic E-state index is 0.0789. The molecular formula is C20H22F3N3OS. The summed E-state index contributed by atoms with van der Waals surface area (Å²) in [6.07, 6.45) is 2.67. The maximum atomic E-state index is 13.0. The van der Waals surface area contributed by atoms with Crippen molar-refractivity contribution in [3.8, 4) is 10.6 Å². The van der Waals surface area contributed by atoms with Crippen molar-refractivity contribution in [3.63, 3.8) is 0 Å². The van der Waals surface area contributed by atoms with Crippen LogP contribution in [0.5, 0.6) is 0 Å². The molecule has 1 amide bonds. The number of nitrogens with zero attached hydrogens (tertiary/aromatic N) is 2. The summed E-state index contributed by atoms with van der Waals surface area (Å²) >= 11 is 1.20. The topological polar surface area (TPSA) is 46.9 Å². The smallest absolute Gasteiger partial charge is 0.346 e. The second kappa shape index (κ2) is 6.08. The number of nitrogens with one attached hydrogen (secondary N) is 1. The average Bonchev–Trinajstić information content (AvgIpc) is 3.19. The van der Waals surface area contributed by atoms with Crippen LogP contribution in [-0.4, -0.2) is 21.2 Å². The summed E-state index contributed by atoms with van der Waals surface area (Å²) < 4.78 is 39.8. The van der Waals surface area contributed by atoms with Crippen LogP contribution < -0.4 is 5.32 Å². The number of amides is 1. The maximum Gasteiger partial charge on any atom is 0.433 e. The Morgan fingerprint density at radius 1 is 1.18 bits per heavy atom. The number of carbonyl (C=O) groups is 1. The van der Waals surface area contributed by atoms with Crippen LogP contribution in [0.15, 0.2) is 18.2 Å². The van der Waals surface area contributed by atoms with Gasteiger partial charge in [-0.25, -0.2) is 0 Å². The Labute approximate surface area is 165 Å². The highest BCUT2D eigenvalue weighted by molar-refractivity contribution is 7.17. The molecule has 4 aliphatic rings. The molecule has 0 atom stereocenters. The molecule has 0 saturated heterocycles. The van der Waals surface area contributed by atoms with Crippen LogP contribution >= 0.6 is 11.3 Å². The fourth-order valence-electron chi connectivity index (χ4n) is 6.02. The molecule has 4 nitrogen and oxygen atoms in total. The zero-order valence-corrected chi connectivity index (χ0v) is 16.4. The van der Waals surface area contributed by atoms with Crippen LogP contribution in [0.2, 0.25) is 0 Å². The number of aryl methyl sites for hydroxylation is 1. The highest BCUT2D eigenvalue weighted by atomic mass is 32.1. The van der Waals surface area contributed by atoms with Crippen LogP contribution in [-0.2, 0) is 13.2 Å². The van der Waals surface area contributed by atoms with E-state index in [1.165, 1.54) is 37.6 Å². The molecule has 150 valence electrons. The summed E-state index contributed by atoms with van der Waals surface area (Å²) in [5.41, 5.74) is -0.631. The molecular weight excluding hydrogens is 387 g/mol. The van der Waals surface area contributed by atoms with Crippen molar-refractivity contribution in [2.75, 3.05) is 0 Å². The minimum atomic E-state index is -4.45. The van der Waals surface area contributed by atoms with Crippen molar-refractivity contribution >= 4 is 17.2 Å². The number of halogens is 3. The highest BCUT2D eigenvalue weighted by Gasteiger charge is 2.51. The first-order valence-corrected chi connectivity index (χ1v) is 10.6. The van der Waals surface area contributed by atoms with E-state index >= 15 is 0 Å². The van der Waals surface area contributed by atoms with Gasteiger partial charge >= 0.3 is 6.18 Å². The zero-order chi connectivity index (χ0) is 19.7. The molecule has 2 heterocycles. The van der Waals surface area contributed by atoms with Crippen molar-refractivity contribution in [2.45, 2.75) is 50.2 Å². The molecule has 6 rings (SSSR count). The first kappa shape index (κ1) is 18.2. The molecule has 2 aromatic heterocycles. The number of alkyl halides is 3. The lowest BCUT2D eigenvalue weighted by Crippen LogP contribution is -2.59. The predicted molar refractivity (Wildman–Crippen MR) is 99.9 cm³/mol. The van der Waals surface area contributed by atoms with E-state index in [0.29, 0.717) is 9.75 Å². The van der Waals surface area contributed by atoms with Crippen molar-refractivity contribution in [1.29, 1.82) is 0 Å². The standard InChI is InChI=1S/C20H22F3N3OS/c1-26-17(20(21,22)23)7-14(25-26)15-2-3-16(28-15)18(27)24-19-8-11-4-12(9-19)6-13(5-11)10-19/h2-3,7,11-13H,4-6,8-10H2,1H3,(H,24,27). The third-order valence-corrected chi connectivity index (χ3v) is 7.78. The van der Waals surface area contributed by atoms with Crippen LogP contribution in [0.1, 0.15) is 53.9 Å². The molecule has 28 heavy (non-hydrogen) atoms. The van der Waals surface area contributed by atoms with Gasteiger partial charge in [0.1, 0.15) is 11.4 Å². The lowest BCUT2D eigenvalue weighted by Gasteiger charge is -2.56. The van der Waals surface area contributed by atoms with E-state index in [1.807, 2.05) is 0 Å². The molecule has 2 aromatic rings. The molecule has 4 fully saturated rings. The van der Waals surface area contributed by atoms with Crippen molar-refractivity contribution < 1.29 is 18.0 Å². The largest absolute Gasteiger partial charge is 0.433 e. The van der Waals surface area contributed by atoms with E-state index in [0.717, 1.165) is 47.8 Å². The number of aromatic nitrogens is 2. The highest BCUT2D eigenvalue weighted by Crippen LogP contribution is 2.55. The van der Waals surface area contributed by atoms with Gasteiger partial charge in [-0.05, 0) is 74.5 Å². The number of rotatable bonds is 3. The van der Waals surface area contributed by atoms with E-state index < -0.39 is 11.9 Å². The lowest BCUT2D eigenvalue weighted by atomic mass is 9.53. The Balaban J connectivity index is 1.35. The van der Waals surface area contributed by atoms with Gasteiger partial charge in [-0.15, -0.1) is 11.3 Å². The van der Waals surface area contributed by atoms with Crippen molar-refractivity contribution in [2.24, 2.45) is 24.8 Å². The first-order chi connectivity index (χ1) is 13.2. The van der Waals surface area contributed by atoms with Crippen LogP contribution in [0.25, 0.3) is 10.6 Å². The Hall–Kier alpha value is -1.83. The molecule has 4 bridgehead atoms. The Morgan fingerprint density at radius 3 is 2.32 bits per heavy atom. The summed E-state index contributed by atoms with van der Waals surface area (Å²) in [6.45, 7) is 0. The second-order valence-corrected chi connectivity index (χ2v) is 9.94. The molecule has 8 heteroatoms. The van der Waals surface area contributed by atoms with Gasteiger partial charge in [0.15, 0.2) is 0 Å². The van der Waals surface area contributed by atoms with E-state index in [-0.39, 0.29) is 17.1 Å². The van der Waals surface area contributed by atoms with Gasteiger partial charge in [-0.1, -0.05) is 0 Å². The third-order valence-electron chi connectivity index (χ3n) is 6.67. The number of hydrogen-bond donors (Lipinski definition) is 1. The summed E-state index contributed by atoms with van der Waals surface area (Å²) in [5.74, 6) is 2.10. The molecule has 0 spiro atoms. The number of thiophene rings is 1. The maximum absolute atomic E-state index is 13.0. The quantitative estimate of drug-likeness (QED) is 0.787. The Bertz CT molecular complexity index is 894. The Kier molecular flexibility index (Phi) is 3.96.